The minimum Gasteiger partial charge on any atom is -0.375 e. The van der Waals surface area contributed by atoms with E-state index < -0.39 is 10.0 Å². The first kappa shape index (κ1) is 20.8. The van der Waals surface area contributed by atoms with Gasteiger partial charge in [0.1, 0.15) is 5.69 Å². The predicted molar refractivity (Wildman–Crippen MR) is 109 cm³/mol. The lowest BCUT2D eigenvalue weighted by molar-refractivity contribution is -0.123. The van der Waals surface area contributed by atoms with Crippen molar-refractivity contribution in [1.29, 1.82) is 0 Å². The molecule has 1 unspecified atom stereocenters. The number of sulfonamides is 1. The van der Waals surface area contributed by atoms with Crippen molar-refractivity contribution in [3.63, 3.8) is 0 Å². The van der Waals surface area contributed by atoms with E-state index in [2.05, 4.69) is 5.10 Å². The Morgan fingerprint density at radius 2 is 1.97 bits per heavy atom. The molecule has 2 saturated heterocycles. The maximum absolute atomic E-state index is 12.9. The summed E-state index contributed by atoms with van der Waals surface area (Å²) in [7, 11) is -3.21. The number of ether oxygens (including phenoxy) is 1. The summed E-state index contributed by atoms with van der Waals surface area (Å²) in [5.74, 6) is 0.168. The number of aromatic nitrogens is 2. The first-order valence-corrected chi connectivity index (χ1v) is 12.5. The highest BCUT2D eigenvalue weighted by molar-refractivity contribution is 7.89. The van der Waals surface area contributed by atoms with E-state index in [4.69, 9.17) is 4.74 Å². The Kier molecular flexibility index (Phi) is 5.74. The third kappa shape index (κ3) is 4.09. The summed E-state index contributed by atoms with van der Waals surface area (Å²) in [5.41, 5.74) is 0.306. The van der Waals surface area contributed by atoms with Gasteiger partial charge in [-0.1, -0.05) is 0 Å². The lowest BCUT2D eigenvalue weighted by Gasteiger charge is -2.48. The number of amides is 1. The van der Waals surface area contributed by atoms with Gasteiger partial charge in [-0.15, -0.1) is 0 Å². The molecule has 0 bridgehead atoms. The summed E-state index contributed by atoms with van der Waals surface area (Å²) in [6.07, 6.45) is 6.60. The number of carbonyl (C=O) groups is 1. The summed E-state index contributed by atoms with van der Waals surface area (Å²) < 4.78 is 35.2. The van der Waals surface area contributed by atoms with Crippen LogP contribution in [0.5, 0.6) is 0 Å². The van der Waals surface area contributed by atoms with Gasteiger partial charge in [0.2, 0.25) is 10.0 Å². The fraction of sp³-hybridized carbons (Fsp3) is 0.800. The van der Waals surface area contributed by atoms with Gasteiger partial charge >= 0.3 is 0 Å². The first-order valence-electron chi connectivity index (χ1n) is 10.9. The summed E-state index contributed by atoms with van der Waals surface area (Å²) in [6.45, 7) is 6.21. The van der Waals surface area contributed by atoms with E-state index in [0.29, 0.717) is 31.9 Å². The molecule has 0 N–H and O–H groups in total. The Bertz CT molecular complexity index is 840. The average Bonchev–Trinajstić information content (AvgIpc) is 3.42. The van der Waals surface area contributed by atoms with Crippen molar-refractivity contribution in [2.75, 3.05) is 25.4 Å². The molecule has 8 nitrogen and oxygen atoms in total. The smallest absolute Gasteiger partial charge is 0.272 e. The molecule has 1 aliphatic carbocycles. The van der Waals surface area contributed by atoms with Crippen LogP contribution >= 0.6 is 0 Å². The van der Waals surface area contributed by atoms with E-state index >= 15 is 0 Å². The van der Waals surface area contributed by atoms with Crippen molar-refractivity contribution in [1.82, 2.24) is 19.0 Å². The monoisotopic (exact) mass is 424 g/mol. The Morgan fingerprint density at radius 3 is 2.59 bits per heavy atom. The summed E-state index contributed by atoms with van der Waals surface area (Å²) >= 11 is 0. The van der Waals surface area contributed by atoms with Gasteiger partial charge in [-0.2, -0.15) is 9.40 Å². The van der Waals surface area contributed by atoms with Crippen LogP contribution in [-0.4, -0.2) is 76.4 Å². The number of carbonyl (C=O) groups excluding carboxylic acids is 1. The maximum Gasteiger partial charge on any atom is 0.272 e. The highest BCUT2D eigenvalue weighted by Gasteiger charge is 2.48. The second-order valence-electron chi connectivity index (χ2n) is 8.46. The van der Waals surface area contributed by atoms with Crippen LogP contribution in [0.15, 0.2) is 12.3 Å². The molecule has 1 atom stereocenters. The molecule has 29 heavy (non-hydrogen) atoms. The predicted octanol–water partition coefficient (Wildman–Crippen LogP) is 1.87. The molecule has 1 spiro atoms. The molecular formula is C20H32N4O4S. The third-order valence-electron chi connectivity index (χ3n) is 6.62. The molecular weight excluding hydrogens is 392 g/mol. The van der Waals surface area contributed by atoms with Crippen molar-refractivity contribution in [3.8, 4) is 0 Å². The van der Waals surface area contributed by atoms with Crippen LogP contribution in [0.3, 0.4) is 0 Å². The normalized spacial score (nSPS) is 24.9. The zero-order valence-electron chi connectivity index (χ0n) is 17.4. The van der Waals surface area contributed by atoms with Crippen molar-refractivity contribution >= 4 is 15.9 Å². The van der Waals surface area contributed by atoms with Crippen molar-refractivity contribution < 1.29 is 17.9 Å². The van der Waals surface area contributed by atoms with Crippen molar-refractivity contribution in [2.24, 2.45) is 0 Å². The van der Waals surface area contributed by atoms with E-state index in [0.717, 1.165) is 38.5 Å². The van der Waals surface area contributed by atoms with Gasteiger partial charge in [0, 0.05) is 44.5 Å². The number of hydrogen-bond acceptors (Lipinski definition) is 5. The molecule has 2 aliphatic heterocycles. The average molecular weight is 425 g/mol. The third-order valence-corrected chi connectivity index (χ3v) is 8.58. The Morgan fingerprint density at radius 1 is 1.24 bits per heavy atom. The molecule has 162 valence electrons. The largest absolute Gasteiger partial charge is 0.375 e. The molecule has 0 aromatic carbocycles. The number of hydrogen-bond donors (Lipinski definition) is 0. The quantitative estimate of drug-likeness (QED) is 0.696. The minimum absolute atomic E-state index is 0.0136. The topological polar surface area (TPSA) is 84.7 Å². The zero-order valence-corrected chi connectivity index (χ0v) is 18.2. The SMILES string of the molecule is CCn1nccc1C(=O)N1CCC2(CC1)CC(N(C1CC1)S(=O)(=O)CC)CCO2. The number of rotatable bonds is 6. The molecule has 4 rings (SSSR count). The number of piperidine rings is 1. The Labute approximate surface area is 173 Å². The molecule has 1 aromatic rings. The zero-order chi connectivity index (χ0) is 20.6. The summed E-state index contributed by atoms with van der Waals surface area (Å²) in [6, 6.07) is 1.97. The van der Waals surface area contributed by atoms with E-state index in [1.807, 2.05) is 11.8 Å². The molecule has 3 heterocycles. The van der Waals surface area contributed by atoms with Crippen LogP contribution in [0.25, 0.3) is 0 Å². The molecule has 1 saturated carbocycles. The van der Waals surface area contributed by atoms with Gasteiger partial charge in [0.05, 0.1) is 11.4 Å². The maximum atomic E-state index is 12.9. The lowest BCUT2D eigenvalue weighted by atomic mass is 9.82. The van der Waals surface area contributed by atoms with Crippen LogP contribution in [-0.2, 0) is 21.3 Å². The molecule has 1 aromatic heterocycles. The van der Waals surface area contributed by atoms with Gasteiger partial charge in [-0.3, -0.25) is 9.48 Å². The molecule has 0 radical (unpaired) electrons. The minimum atomic E-state index is -3.21. The van der Waals surface area contributed by atoms with Crippen LogP contribution < -0.4 is 0 Å². The van der Waals surface area contributed by atoms with Crippen molar-refractivity contribution in [2.45, 2.75) is 76.6 Å². The highest BCUT2D eigenvalue weighted by atomic mass is 32.2. The number of nitrogens with zero attached hydrogens (tertiary/aromatic N) is 4. The molecule has 1 amide bonds. The van der Waals surface area contributed by atoms with Crippen LogP contribution in [0, 0.1) is 0 Å². The first-order chi connectivity index (χ1) is 13.9. The fourth-order valence-electron chi connectivity index (χ4n) is 4.84. The second-order valence-corrected chi connectivity index (χ2v) is 10.6. The highest BCUT2D eigenvalue weighted by Crippen LogP contribution is 2.41. The molecule has 3 fully saturated rings. The second kappa shape index (κ2) is 8.00. The van der Waals surface area contributed by atoms with Gasteiger partial charge in [-0.05, 0) is 58.4 Å². The van der Waals surface area contributed by atoms with Gasteiger partial charge in [0.25, 0.3) is 5.91 Å². The summed E-state index contributed by atoms with van der Waals surface area (Å²) in [5, 5.41) is 4.20. The summed E-state index contributed by atoms with van der Waals surface area (Å²) in [4.78, 5) is 14.8. The lowest BCUT2D eigenvalue weighted by Crippen LogP contribution is -2.56. The Balaban J connectivity index is 1.43. The van der Waals surface area contributed by atoms with E-state index in [1.165, 1.54) is 0 Å². The van der Waals surface area contributed by atoms with E-state index in [-0.39, 0.29) is 29.3 Å². The Hall–Kier alpha value is -1.45. The van der Waals surface area contributed by atoms with Crippen LogP contribution in [0.1, 0.15) is 62.9 Å². The standard InChI is InChI=1S/C20H32N4O4S/c1-3-23-18(7-11-21-23)19(25)22-12-9-20(10-13-22)15-17(8-14-28-20)24(16-5-6-16)29(26,27)4-2/h7,11,16-17H,3-6,8-10,12-15H2,1-2H3. The number of aryl methyl sites for hydroxylation is 1. The van der Waals surface area contributed by atoms with Gasteiger partial charge in [-0.25, -0.2) is 8.42 Å². The number of likely N-dealkylation sites (tertiary alicyclic amines) is 1. The van der Waals surface area contributed by atoms with Crippen LogP contribution in [0.2, 0.25) is 0 Å². The van der Waals surface area contributed by atoms with Crippen LogP contribution in [0.4, 0.5) is 0 Å². The van der Waals surface area contributed by atoms with Gasteiger partial charge < -0.3 is 9.64 Å². The van der Waals surface area contributed by atoms with Gasteiger partial charge in [0.15, 0.2) is 0 Å². The molecule has 9 heteroatoms. The van der Waals surface area contributed by atoms with Crippen molar-refractivity contribution in [3.05, 3.63) is 18.0 Å². The molecule has 3 aliphatic rings. The van der Waals surface area contributed by atoms with E-state index in [1.54, 1.807) is 28.2 Å². The van der Waals surface area contributed by atoms with E-state index in [9.17, 15) is 13.2 Å². The fourth-order valence-corrected chi connectivity index (χ4v) is 6.44.